The van der Waals surface area contributed by atoms with Crippen LogP contribution in [-0.2, 0) is 0 Å². The van der Waals surface area contributed by atoms with Gasteiger partial charge in [-0.15, -0.1) is 11.3 Å². The zero-order valence-corrected chi connectivity index (χ0v) is 8.83. The van der Waals surface area contributed by atoms with Crippen LogP contribution in [-0.4, -0.2) is 16.5 Å². The van der Waals surface area contributed by atoms with Gasteiger partial charge in [0.1, 0.15) is 6.07 Å². The van der Waals surface area contributed by atoms with Crippen molar-refractivity contribution in [2.24, 2.45) is 0 Å². The number of thioether (sulfide) groups is 1. The van der Waals surface area contributed by atoms with Crippen LogP contribution in [0, 0.1) is 11.3 Å². The number of nitriles is 1. The van der Waals surface area contributed by atoms with Gasteiger partial charge in [-0.05, 0) is 24.3 Å². The van der Waals surface area contributed by atoms with Crippen LogP contribution in [0.25, 0.3) is 0 Å². The fourth-order valence-electron chi connectivity index (χ4n) is 1.47. The Bertz CT molecular complexity index is 321. The average molecular weight is 210 g/mol. The summed E-state index contributed by atoms with van der Waals surface area (Å²) in [6.45, 7) is 0. The Kier molecular flexibility index (Phi) is 2.87. The first-order chi connectivity index (χ1) is 6.40. The molecule has 2 rings (SSSR count). The molecule has 13 heavy (non-hydrogen) atoms. The maximum atomic E-state index is 8.64. The molecular formula is C9H10N2S2. The van der Waals surface area contributed by atoms with Gasteiger partial charge in [-0.3, -0.25) is 0 Å². The van der Waals surface area contributed by atoms with E-state index in [2.05, 4.69) is 11.1 Å². The molecule has 0 amide bonds. The molecule has 0 atom stereocenters. The highest BCUT2D eigenvalue weighted by atomic mass is 32.2. The van der Waals surface area contributed by atoms with E-state index in [1.807, 2.05) is 17.1 Å². The molecule has 0 N–H and O–H groups in total. The maximum absolute atomic E-state index is 8.64. The van der Waals surface area contributed by atoms with E-state index in [4.69, 9.17) is 5.26 Å². The van der Waals surface area contributed by atoms with Crippen molar-refractivity contribution in [3.05, 3.63) is 16.1 Å². The van der Waals surface area contributed by atoms with Crippen molar-refractivity contribution in [3.63, 3.8) is 0 Å². The van der Waals surface area contributed by atoms with Gasteiger partial charge in [0.05, 0.1) is 5.01 Å². The number of hydrogen-bond donors (Lipinski definition) is 0. The molecule has 1 aromatic rings. The Morgan fingerprint density at radius 3 is 2.85 bits per heavy atom. The van der Waals surface area contributed by atoms with Crippen molar-refractivity contribution in [1.29, 1.82) is 5.26 Å². The summed E-state index contributed by atoms with van der Waals surface area (Å²) < 4.78 is 0. The van der Waals surface area contributed by atoms with Crippen molar-refractivity contribution in [2.45, 2.75) is 18.8 Å². The highest BCUT2D eigenvalue weighted by molar-refractivity contribution is 7.99. The second-order valence-electron chi connectivity index (χ2n) is 3.07. The lowest BCUT2D eigenvalue weighted by atomic mass is 10.0. The lowest BCUT2D eigenvalue weighted by molar-refractivity contribution is 0.632. The van der Waals surface area contributed by atoms with Gasteiger partial charge in [-0.25, -0.2) is 4.98 Å². The highest BCUT2D eigenvalue weighted by Gasteiger charge is 2.18. The monoisotopic (exact) mass is 210 g/mol. The molecule has 1 aliphatic rings. The predicted octanol–water partition coefficient (Wildman–Crippen LogP) is 2.63. The molecule has 0 aromatic carbocycles. The topological polar surface area (TPSA) is 36.7 Å². The highest BCUT2D eigenvalue weighted by Crippen LogP contribution is 2.32. The van der Waals surface area contributed by atoms with E-state index in [9.17, 15) is 0 Å². The molecule has 68 valence electrons. The molecule has 2 heterocycles. The van der Waals surface area contributed by atoms with E-state index in [0.717, 1.165) is 5.01 Å². The third-order valence-electron chi connectivity index (χ3n) is 2.21. The Labute approximate surface area is 86.0 Å². The van der Waals surface area contributed by atoms with Crippen molar-refractivity contribution < 1.29 is 0 Å². The normalized spacial score (nSPS) is 18.4. The summed E-state index contributed by atoms with van der Waals surface area (Å²) in [4.78, 5) is 4.30. The minimum Gasteiger partial charge on any atom is -0.230 e. The van der Waals surface area contributed by atoms with E-state index in [0.29, 0.717) is 11.6 Å². The van der Waals surface area contributed by atoms with Gasteiger partial charge in [-0.1, -0.05) is 0 Å². The van der Waals surface area contributed by atoms with Crippen LogP contribution in [0.3, 0.4) is 0 Å². The average Bonchev–Trinajstić information content (AvgIpc) is 2.67. The van der Waals surface area contributed by atoms with Crippen molar-refractivity contribution >= 4 is 23.1 Å². The maximum Gasteiger partial charge on any atom is 0.151 e. The number of rotatable bonds is 1. The Morgan fingerprint density at radius 1 is 1.46 bits per heavy atom. The van der Waals surface area contributed by atoms with Crippen LogP contribution in [0.1, 0.15) is 29.5 Å². The molecule has 0 bridgehead atoms. The molecule has 1 saturated heterocycles. The first-order valence-electron chi connectivity index (χ1n) is 4.33. The van der Waals surface area contributed by atoms with E-state index >= 15 is 0 Å². The van der Waals surface area contributed by atoms with Crippen LogP contribution >= 0.6 is 23.1 Å². The molecule has 0 saturated carbocycles. The second-order valence-corrected chi connectivity index (χ2v) is 5.18. The minimum absolute atomic E-state index is 0.582. The molecule has 2 nitrogen and oxygen atoms in total. The van der Waals surface area contributed by atoms with Gasteiger partial charge in [0.25, 0.3) is 0 Å². The standard InChI is InChI=1S/C9H10N2S2/c10-5-8-6-13-9(11-8)7-1-3-12-4-2-7/h6-7H,1-4H2. The van der Waals surface area contributed by atoms with Crippen LogP contribution in [0.15, 0.2) is 5.38 Å². The number of hydrogen-bond acceptors (Lipinski definition) is 4. The van der Waals surface area contributed by atoms with E-state index in [1.54, 1.807) is 11.3 Å². The zero-order chi connectivity index (χ0) is 9.10. The first-order valence-corrected chi connectivity index (χ1v) is 6.37. The molecule has 0 aliphatic carbocycles. The fraction of sp³-hybridized carbons (Fsp3) is 0.556. The third-order valence-corrected chi connectivity index (χ3v) is 4.26. The second kappa shape index (κ2) is 4.12. The third kappa shape index (κ3) is 2.04. The summed E-state index contributed by atoms with van der Waals surface area (Å²) in [6.07, 6.45) is 2.45. The Hall–Kier alpha value is -0.530. The van der Waals surface area contributed by atoms with Gasteiger partial charge in [0, 0.05) is 11.3 Å². The minimum atomic E-state index is 0.582. The van der Waals surface area contributed by atoms with Crippen LogP contribution in [0.5, 0.6) is 0 Å². The molecule has 1 fully saturated rings. The molecule has 1 aliphatic heterocycles. The zero-order valence-electron chi connectivity index (χ0n) is 7.19. The Balaban J connectivity index is 2.11. The van der Waals surface area contributed by atoms with Gasteiger partial charge in [0.2, 0.25) is 0 Å². The van der Waals surface area contributed by atoms with Crippen molar-refractivity contribution in [1.82, 2.24) is 4.98 Å². The van der Waals surface area contributed by atoms with E-state index in [1.165, 1.54) is 24.3 Å². The van der Waals surface area contributed by atoms with E-state index in [-0.39, 0.29) is 0 Å². The number of thiazole rings is 1. The van der Waals surface area contributed by atoms with Gasteiger partial charge in [0.15, 0.2) is 5.69 Å². The van der Waals surface area contributed by atoms with Crippen LogP contribution < -0.4 is 0 Å². The fourth-order valence-corrected chi connectivity index (χ4v) is 3.49. The van der Waals surface area contributed by atoms with Gasteiger partial charge < -0.3 is 0 Å². The lowest BCUT2D eigenvalue weighted by Gasteiger charge is -2.18. The molecular weight excluding hydrogens is 200 g/mol. The van der Waals surface area contributed by atoms with Crippen LogP contribution in [0.2, 0.25) is 0 Å². The molecule has 0 radical (unpaired) electrons. The SMILES string of the molecule is N#Cc1csc(C2CCSCC2)n1. The quantitative estimate of drug-likeness (QED) is 0.715. The summed E-state index contributed by atoms with van der Waals surface area (Å²) in [5, 5.41) is 11.7. The van der Waals surface area contributed by atoms with Gasteiger partial charge in [-0.2, -0.15) is 17.0 Å². The molecule has 0 unspecified atom stereocenters. The number of aromatic nitrogens is 1. The first kappa shape index (κ1) is 9.04. The Morgan fingerprint density at radius 2 is 2.23 bits per heavy atom. The lowest BCUT2D eigenvalue weighted by Crippen LogP contribution is -2.07. The van der Waals surface area contributed by atoms with E-state index < -0.39 is 0 Å². The smallest absolute Gasteiger partial charge is 0.151 e. The molecule has 4 heteroatoms. The number of nitrogens with zero attached hydrogens (tertiary/aromatic N) is 2. The summed E-state index contributed by atoms with van der Waals surface area (Å²) in [7, 11) is 0. The molecule has 1 aromatic heterocycles. The molecule has 0 spiro atoms. The van der Waals surface area contributed by atoms with Crippen molar-refractivity contribution in [3.8, 4) is 6.07 Å². The van der Waals surface area contributed by atoms with Gasteiger partial charge >= 0.3 is 0 Å². The van der Waals surface area contributed by atoms with Crippen LogP contribution in [0.4, 0.5) is 0 Å². The largest absolute Gasteiger partial charge is 0.230 e. The summed E-state index contributed by atoms with van der Waals surface area (Å²) in [5.41, 5.74) is 0.582. The predicted molar refractivity (Wildman–Crippen MR) is 56.1 cm³/mol. The summed E-state index contributed by atoms with van der Waals surface area (Å²) in [5.74, 6) is 3.10. The summed E-state index contributed by atoms with van der Waals surface area (Å²) in [6, 6.07) is 2.08. The van der Waals surface area contributed by atoms with Crippen molar-refractivity contribution in [2.75, 3.05) is 11.5 Å². The summed E-state index contributed by atoms with van der Waals surface area (Å²) >= 11 is 3.66.